The molecule has 0 spiro atoms. The van der Waals surface area contributed by atoms with Gasteiger partial charge in [0.25, 0.3) is 0 Å². The SMILES string of the molecule is COc1ccc(Cn2nc(-c3ncc(OC)c(Nc4cn[nH]c4)n3)c3ccccc32)cc1. The number of nitrogens with one attached hydrogen (secondary N) is 2. The van der Waals surface area contributed by atoms with E-state index < -0.39 is 0 Å². The number of nitrogens with zero attached hydrogens (tertiary/aromatic N) is 5. The van der Waals surface area contributed by atoms with Crippen molar-refractivity contribution in [3.63, 3.8) is 0 Å². The van der Waals surface area contributed by atoms with Crippen molar-refractivity contribution in [3.05, 3.63) is 72.7 Å². The molecule has 9 heteroatoms. The number of fused-ring (bicyclic) bond motifs is 1. The quantitative estimate of drug-likeness (QED) is 0.404. The Morgan fingerprint density at radius 1 is 1.00 bits per heavy atom. The Morgan fingerprint density at radius 3 is 2.59 bits per heavy atom. The number of benzene rings is 2. The number of para-hydroxylation sites is 1. The van der Waals surface area contributed by atoms with Gasteiger partial charge in [-0.1, -0.05) is 30.3 Å². The minimum absolute atomic E-state index is 0.501. The van der Waals surface area contributed by atoms with Gasteiger partial charge in [0.15, 0.2) is 17.4 Å². The van der Waals surface area contributed by atoms with Crippen LogP contribution in [-0.2, 0) is 6.54 Å². The lowest BCUT2D eigenvalue weighted by atomic mass is 10.2. The Labute approximate surface area is 184 Å². The summed E-state index contributed by atoms with van der Waals surface area (Å²) in [5.74, 6) is 2.38. The highest BCUT2D eigenvalue weighted by Gasteiger charge is 2.17. The molecule has 32 heavy (non-hydrogen) atoms. The Hall–Kier alpha value is -4.40. The Balaban J connectivity index is 1.55. The van der Waals surface area contributed by atoms with Crippen molar-refractivity contribution in [2.75, 3.05) is 19.5 Å². The molecule has 0 aliphatic carbocycles. The minimum atomic E-state index is 0.501. The zero-order chi connectivity index (χ0) is 21.9. The molecule has 0 saturated heterocycles. The first-order valence-corrected chi connectivity index (χ1v) is 10.0. The van der Waals surface area contributed by atoms with E-state index in [0.29, 0.717) is 29.6 Å². The Bertz CT molecular complexity index is 1350. The predicted molar refractivity (Wildman–Crippen MR) is 121 cm³/mol. The van der Waals surface area contributed by atoms with E-state index in [1.165, 1.54) is 0 Å². The van der Waals surface area contributed by atoms with Gasteiger partial charge in [-0.15, -0.1) is 0 Å². The Morgan fingerprint density at radius 2 is 1.84 bits per heavy atom. The minimum Gasteiger partial charge on any atom is -0.497 e. The molecule has 3 aromatic heterocycles. The van der Waals surface area contributed by atoms with Gasteiger partial charge in [0.1, 0.15) is 11.4 Å². The van der Waals surface area contributed by atoms with Gasteiger partial charge < -0.3 is 14.8 Å². The third-order valence-corrected chi connectivity index (χ3v) is 5.10. The van der Waals surface area contributed by atoms with Crippen LogP contribution in [0.1, 0.15) is 5.56 Å². The lowest BCUT2D eigenvalue weighted by Gasteiger charge is -2.09. The maximum Gasteiger partial charge on any atom is 0.183 e. The van der Waals surface area contributed by atoms with Gasteiger partial charge in [-0.3, -0.25) is 9.78 Å². The first-order chi connectivity index (χ1) is 15.7. The van der Waals surface area contributed by atoms with Crippen molar-refractivity contribution in [1.29, 1.82) is 0 Å². The summed E-state index contributed by atoms with van der Waals surface area (Å²) in [5, 5.41) is 15.8. The molecule has 5 aromatic rings. The van der Waals surface area contributed by atoms with Crippen molar-refractivity contribution >= 4 is 22.4 Å². The van der Waals surface area contributed by atoms with E-state index in [1.54, 1.807) is 32.8 Å². The third-order valence-electron chi connectivity index (χ3n) is 5.10. The fraction of sp³-hybridized carbons (Fsp3) is 0.130. The van der Waals surface area contributed by atoms with Gasteiger partial charge in [0.05, 0.1) is 44.4 Å². The summed E-state index contributed by atoms with van der Waals surface area (Å²) >= 11 is 0. The molecular weight excluding hydrogens is 406 g/mol. The largest absolute Gasteiger partial charge is 0.497 e. The number of hydrogen-bond donors (Lipinski definition) is 2. The maximum absolute atomic E-state index is 5.42. The van der Waals surface area contributed by atoms with E-state index in [2.05, 4.69) is 20.5 Å². The number of methoxy groups -OCH3 is 2. The summed E-state index contributed by atoms with van der Waals surface area (Å²) in [6, 6.07) is 16.0. The normalized spacial score (nSPS) is 10.9. The van der Waals surface area contributed by atoms with Crippen molar-refractivity contribution in [2.45, 2.75) is 6.54 Å². The van der Waals surface area contributed by atoms with E-state index in [0.717, 1.165) is 27.9 Å². The average molecular weight is 427 g/mol. The van der Waals surface area contributed by atoms with Crippen LogP contribution in [0.3, 0.4) is 0 Å². The molecule has 160 valence electrons. The lowest BCUT2D eigenvalue weighted by molar-refractivity contribution is 0.413. The fourth-order valence-corrected chi connectivity index (χ4v) is 3.50. The van der Waals surface area contributed by atoms with E-state index in [1.807, 2.05) is 53.2 Å². The summed E-state index contributed by atoms with van der Waals surface area (Å²) in [4.78, 5) is 9.21. The molecule has 0 bridgehead atoms. The van der Waals surface area contributed by atoms with Gasteiger partial charge in [-0.05, 0) is 23.8 Å². The number of hydrogen-bond acceptors (Lipinski definition) is 7. The maximum atomic E-state index is 5.42. The highest BCUT2D eigenvalue weighted by atomic mass is 16.5. The summed E-state index contributed by atoms with van der Waals surface area (Å²) < 4.78 is 12.6. The highest BCUT2D eigenvalue weighted by Crippen LogP contribution is 2.30. The highest BCUT2D eigenvalue weighted by molar-refractivity contribution is 5.92. The van der Waals surface area contributed by atoms with Crippen LogP contribution in [0.5, 0.6) is 11.5 Å². The van der Waals surface area contributed by atoms with Crippen molar-refractivity contribution in [1.82, 2.24) is 29.9 Å². The molecule has 0 unspecified atom stereocenters. The van der Waals surface area contributed by atoms with E-state index >= 15 is 0 Å². The number of aromatic nitrogens is 6. The second-order valence-electron chi connectivity index (χ2n) is 7.09. The van der Waals surface area contributed by atoms with E-state index in [-0.39, 0.29) is 0 Å². The van der Waals surface area contributed by atoms with Crippen LogP contribution >= 0.6 is 0 Å². The smallest absolute Gasteiger partial charge is 0.183 e. The van der Waals surface area contributed by atoms with E-state index in [9.17, 15) is 0 Å². The number of ether oxygens (including phenoxy) is 2. The third kappa shape index (κ3) is 3.71. The van der Waals surface area contributed by atoms with Gasteiger partial charge in [-0.25, -0.2) is 9.97 Å². The predicted octanol–water partition coefficient (Wildman–Crippen LogP) is 4.03. The Kier molecular flexibility index (Phi) is 5.12. The first-order valence-electron chi connectivity index (χ1n) is 10.0. The summed E-state index contributed by atoms with van der Waals surface area (Å²) in [7, 11) is 3.24. The molecule has 3 heterocycles. The van der Waals surface area contributed by atoms with Crippen molar-refractivity contribution in [2.24, 2.45) is 0 Å². The standard InChI is InChI=1S/C23H21N7O2/c1-31-17-9-7-15(8-10-17)14-30-19-6-4-3-5-18(19)21(29-30)23-24-13-20(32-2)22(28-23)27-16-11-25-26-12-16/h3-13H,14H2,1-2H3,(H,25,26)(H,24,27,28). The molecule has 0 aliphatic rings. The zero-order valence-corrected chi connectivity index (χ0v) is 17.6. The molecule has 0 saturated carbocycles. The second kappa shape index (κ2) is 8.38. The molecule has 0 atom stereocenters. The van der Waals surface area contributed by atoms with Crippen LogP contribution in [-0.4, -0.2) is 44.2 Å². The molecule has 0 amide bonds. The fourth-order valence-electron chi connectivity index (χ4n) is 3.50. The van der Waals surface area contributed by atoms with Crippen LogP contribution < -0.4 is 14.8 Å². The second-order valence-corrected chi connectivity index (χ2v) is 7.09. The van der Waals surface area contributed by atoms with Crippen LogP contribution in [0.2, 0.25) is 0 Å². The monoisotopic (exact) mass is 427 g/mol. The van der Waals surface area contributed by atoms with Gasteiger partial charge in [0, 0.05) is 11.6 Å². The van der Waals surface area contributed by atoms with Gasteiger partial charge >= 0.3 is 0 Å². The van der Waals surface area contributed by atoms with Crippen LogP contribution in [0, 0.1) is 0 Å². The summed E-state index contributed by atoms with van der Waals surface area (Å²) in [6.07, 6.45) is 5.04. The van der Waals surface area contributed by atoms with Crippen LogP contribution in [0.4, 0.5) is 11.5 Å². The van der Waals surface area contributed by atoms with Crippen molar-refractivity contribution < 1.29 is 9.47 Å². The lowest BCUT2D eigenvalue weighted by Crippen LogP contribution is -2.03. The van der Waals surface area contributed by atoms with Crippen molar-refractivity contribution in [3.8, 4) is 23.0 Å². The molecule has 2 aromatic carbocycles. The van der Waals surface area contributed by atoms with Gasteiger partial charge in [-0.2, -0.15) is 10.2 Å². The van der Waals surface area contributed by atoms with Crippen LogP contribution in [0.25, 0.3) is 22.4 Å². The van der Waals surface area contributed by atoms with E-state index in [4.69, 9.17) is 19.6 Å². The average Bonchev–Trinajstić information content (AvgIpc) is 3.48. The van der Waals surface area contributed by atoms with Crippen LogP contribution in [0.15, 0.2) is 67.1 Å². The summed E-state index contributed by atoms with van der Waals surface area (Å²) in [6.45, 7) is 0.612. The molecule has 5 rings (SSSR count). The zero-order valence-electron chi connectivity index (χ0n) is 17.6. The van der Waals surface area contributed by atoms with Gasteiger partial charge in [0.2, 0.25) is 0 Å². The summed E-state index contributed by atoms with van der Waals surface area (Å²) in [5.41, 5.74) is 3.58. The molecule has 0 aliphatic heterocycles. The molecule has 9 nitrogen and oxygen atoms in total. The molecule has 0 radical (unpaired) electrons. The molecule has 2 N–H and O–H groups in total. The molecule has 0 fully saturated rings. The number of rotatable bonds is 7. The number of H-pyrrole nitrogens is 1. The first kappa shape index (κ1) is 19.6. The number of aromatic amines is 1. The number of anilines is 2. The topological polar surface area (TPSA) is 103 Å². The molecular formula is C23H21N7O2.